The molecular weight excluding hydrogens is 252 g/mol. The van der Waals surface area contributed by atoms with Gasteiger partial charge in [-0.25, -0.2) is 9.59 Å². The van der Waals surface area contributed by atoms with Crippen LogP contribution < -0.4 is 0 Å². The van der Waals surface area contributed by atoms with Gasteiger partial charge in [0.2, 0.25) is 0 Å². The molecule has 6 heteroatoms. The Morgan fingerprint density at radius 3 is 1.42 bits per heavy atom. The lowest BCUT2D eigenvalue weighted by molar-refractivity contribution is -0.159. The molecule has 2 unspecified atom stereocenters. The van der Waals surface area contributed by atoms with Gasteiger partial charge in [-0.15, -0.1) is 0 Å². The van der Waals surface area contributed by atoms with Crippen LogP contribution in [0.1, 0.15) is 59.8 Å². The highest BCUT2D eigenvalue weighted by Gasteiger charge is 2.32. The first-order valence-electron chi connectivity index (χ1n) is 6.48. The van der Waals surface area contributed by atoms with Crippen molar-refractivity contribution in [3.8, 4) is 0 Å². The van der Waals surface area contributed by atoms with Crippen LogP contribution in [-0.4, -0.2) is 43.6 Å². The number of rotatable bonds is 7. The highest BCUT2D eigenvalue weighted by atomic mass is 16.4. The van der Waals surface area contributed by atoms with E-state index in [2.05, 4.69) is 0 Å². The summed E-state index contributed by atoms with van der Waals surface area (Å²) in [7, 11) is 0. The molecule has 0 aromatic heterocycles. The second kappa shape index (κ2) is 8.87. The quantitative estimate of drug-likeness (QED) is 0.562. The Bertz CT molecular complexity index is 287. The Balaban J connectivity index is 0. The van der Waals surface area contributed by atoms with Crippen LogP contribution in [0.15, 0.2) is 0 Å². The fraction of sp³-hybridized carbons (Fsp3) is 0.846. The number of carbonyl (C=O) groups is 2. The van der Waals surface area contributed by atoms with Gasteiger partial charge in [0.05, 0.1) is 0 Å². The average molecular weight is 278 g/mol. The Morgan fingerprint density at radius 2 is 1.32 bits per heavy atom. The van der Waals surface area contributed by atoms with Gasteiger partial charge in [0.15, 0.2) is 11.2 Å². The van der Waals surface area contributed by atoms with Crippen LogP contribution in [0, 0.1) is 0 Å². The van der Waals surface area contributed by atoms with Crippen LogP contribution in [0.4, 0.5) is 0 Å². The smallest absolute Gasteiger partial charge is 0.335 e. The van der Waals surface area contributed by atoms with Gasteiger partial charge < -0.3 is 20.4 Å². The summed E-state index contributed by atoms with van der Waals surface area (Å²) in [5.41, 5.74) is -3.02. The van der Waals surface area contributed by atoms with Crippen LogP contribution in [-0.2, 0) is 9.59 Å². The van der Waals surface area contributed by atoms with Crippen molar-refractivity contribution in [1.82, 2.24) is 0 Å². The van der Waals surface area contributed by atoms with Crippen LogP contribution in [0.5, 0.6) is 0 Å². The first kappa shape index (κ1) is 20.2. The van der Waals surface area contributed by atoms with Crippen molar-refractivity contribution in [2.45, 2.75) is 71.0 Å². The number of aliphatic hydroxyl groups is 2. The molecule has 0 spiro atoms. The number of aliphatic carboxylic acids is 2. The standard InChI is InChI=1S/C7H14O3.C6H12O3/c1-3-5-7(10,4-2)6(8)9;1-3-4-6(2,9)5(7)8/h10H,3-5H2,1-2H3,(H,8,9);9H,3-4H2,1-2H3,(H,7,8). The predicted molar refractivity (Wildman–Crippen MR) is 71.0 cm³/mol. The van der Waals surface area contributed by atoms with Crippen LogP contribution in [0.2, 0.25) is 0 Å². The largest absolute Gasteiger partial charge is 0.479 e. The summed E-state index contributed by atoms with van der Waals surface area (Å²) in [5, 5.41) is 35.1. The first-order chi connectivity index (χ1) is 8.57. The lowest BCUT2D eigenvalue weighted by atomic mass is 9.95. The molecule has 0 aliphatic rings. The van der Waals surface area contributed by atoms with Gasteiger partial charge in [-0.1, -0.05) is 33.6 Å². The van der Waals surface area contributed by atoms with Gasteiger partial charge >= 0.3 is 11.9 Å². The van der Waals surface area contributed by atoms with Crippen LogP contribution in [0.3, 0.4) is 0 Å². The van der Waals surface area contributed by atoms with Gasteiger partial charge in [0.1, 0.15) is 0 Å². The molecule has 0 aliphatic carbocycles. The van der Waals surface area contributed by atoms with Crippen LogP contribution >= 0.6 is 0 Å². The minimum Gasteiger partial charge on any atom is -0.479 e. The molecule has 0 saturated heterocycles. The average Bonchev–Trinajstić information content (AvgIpc) is 2.29. The van der Waals surface area contributed by atoms with Crippen molar-refractivity contribution in [3.63, 3.8) is 0 Å². The molecule has 2 atom stereocenters. The van der Waals surface area contributed by atoms with E-state index in [1.807, 2.05) is 13.8 Å². The highest BCUT2D eigenvalue weighted by molar-refractivity contribution is 5.77. The molecule has 114 valence electrons. The lowest BCUT2D eigenvalue weighted by Gasteiger charge is -2.19. The van der Waals surface area contributed by atoms with Gasteiger partial charge in [-0.3, -0.25) is 0 Å². The van der Waals surface area contributed by atoms with Gasteiger partial charge in [-0.2, -0.15) is 0 Å². The lowest BCUT2D eigenvalue weighted by Crippen LogP contribution is -2.37. The minimum atomic E-state index is -1.53. The Hall–Kier alpha value is -1.14. The molecule has 6 nitrogen and oxygen atoms in total. The maximum atomic E-state index is 10.4. The van der Waals surface area contributed by atoms with E-state index in [0.717, 1.165) is 0 Å². The number of carboxylic acid groups (broad SMARTS) is 2. The second-order valence-electron chi connectivity index (χ2n) is 4.77. The Kier molecular flexibility index (Phi) is 9.43. The summed E-state index contributed by atoms with van der Waals surface area (Å²) >= 11 is 0. The van der Waals surface area contributed by atoms with E-state index in [4.69, 9.17) is 15.3 Å². The summed E-state index contributed by atoms with van der Waals surface area (Å²) in [5.74, 6) is -2.26. The fourth-order valence-electron chi connectivity index (χ4n) is 1.44. The second-order valence-corrected chi connectivity index (χ2v) is 4.77. The molecule has 4 N–H and O–H groups in total. The van der Waals surface area contributed by atoms with Crippen molar-refractivity contribution < 1.29 is 30.0 Å². The van der Waals surface area contributed by atoms with Crippen molar-refractivity contribution >= 4 is 11.9 Å². The minimum absolute atomic E-state index is 0.274. The zero-order chi connectivity index (χ0) is 15.7. The maximum absolute atomic E-state index is 10.4. The molecule has 0 amide bonds. The zero-order valence-corrected chi connectivity index (χ0v) is 12.1. The summed E-state index contributed by atoms with van der Waals surface area (Å²) in [4.78, 5) is 20.6. The SMILES string of the molecule is CCCC(C)(O)C(=O)O.CCCC(O)(CC)C(=O)O. The zero-order valence-electron chi connectivity index (χ0n) is 12.1. The first-order valence-corrected chi connectivity index (χ1v) is 6.48. The molecule has 19 heavy (non-hydrogen) atoms. The molecule has 0 rings (SSSR count). The Morgan fingerprint density at radius 1 is 0.895 bits per heavy atom. The van der Waals surface area contributed by atoms with E-state index in [-0.39, 0.29) is 6.42 Å². The Labute approximate surface area is 114 Å². The molecule has 0 fully saturated rings. The van der Waals surface area contributed by atoms with E-state index in [1.165, 1.54) is 6.92 Å². The maximum Gasteiger partial charge on any atom is 0.335 e. The van der Waals surface area contributed by atoms with Crippen LogP contribution in [0.25, 0.3) is 0 Å². The third-order valence-corrected chi connectivity index (χ3v) is 2.84. The number of hydrogen-bond donors (Lipinski definition) is 4. The normalized spacial score (nSPS) is 16.5. The molecule has 0 saturated carbocycles. The summed E-state index contributed by atoms with van der Waals surface area (Å²) < 4.78 is 0. The monoisotopic (exact) mass is 278 g/mol. The number of carboxylic acids is 2. The molecule has 0 radical (unpaired) electrons. The van der Waals surface area contributed by atoms with E-state index in [9.17, 15) is 14.7 Å². The van der Waals surface area contributed by atoms with Gasteiger partial charge in [0, 0.05) is 0 Å². The third-order valence-electron chi connectivity index (χ3n) is 2.84. The van der Waals surface area contributed by atoms with E-state index in [0.29, 0.717) is 25.7 Å². The summed E-state index contributed by atoms with van der Waals surface area (Å²) in [6.45, 7) is 6.66. The fourth-order valence-corrected chi connectivity index (χ4v) is 1.44. The summed E-state index contributed by atoms with van der Waals surface area (Å²) in [6, 6.07) is 0. The molecule has 0 bridgehead atoms. The van der Waals surface area contributed by atoms with Crippen molar-refractivity contribution in [2.75, 3.05) is 0 Å². The topological polar surface area (TPSA) is 115 Å². The van der Waals surface area contributed by atoms with Crippen molar-refractivity contribution in [2.24, 2.45) is 0 Å². The van der Waals surface area contributed by atoms with E-state index >= 15 is 0 Å². The molecular formula is C13H26O6. The van der Waals surface area contributed by atoms with Gasteiger partial charge in [0.25, 0.3) is 0 Å². The molecule has 0 aromatic rings. The molecule has 0 aliphatic heterocycles. The molecule has 0 aromatic carbocycles. The predicted octanol–water partition coefficient (Wildman–Crippen LogP) is 1.63. The molecule has 0 heterocycles. The summed E-state index contributed by atoms with van der Waals surface area (Å²) in [6.07, 6.45) is 2.28. The highest BCUT2D eigenvalue weighted by Crippen LogP contribution is 2.16. The van der Waals surface area contributed by atoms with Crippen molar-refractivity contribution in [3.05, 3.63) is 0 Å². The number of hydrogen-bond acceptors (Lipinski definition) is 4. The van der Waals surface area contributed by atoms with Crippen molar-refractivity contribution in [1.29, 1.82) is 0 Å². The van der Waals surface area contributed by atoms with E-state index < -0.39 is 23.1 Å². The third kappa shape index (κ3) is 7.79. The van der Waals surface area contributed by atoms with E-state index in [1.54, 1.807) is 6.92 Å². The van der Waals surface area contributed by atoms with Gasteiger partial charge in [-0.05, 0) is 26.2 Å².